The fraction of sp³-hybridized carbons (Fsp3) is 0.536. The summed E-state index contributed by atoms with van der Waals surface area (Å²) in [6.07, 6.45) is 10.1. The van der Waals surface area contributed by atoms with Gasteiger partial charge < -0.3 is 24.4 Å². The number of nitrogens with zero attached hydrogens (tertiary/aromatic N) is 2. The van der Waals surface area contributed by atoms with Crippen LogP contribution in [-0.2, 0) is 30.4 Å². The number of benzene rings is 1. The summed E-state index contributed by atoms with van der Waals surface area (Å²) in [4.78, 5) is 44.8. The molecule has 192 valence electrons. The first-order chi connectivity index (χ1) is 17.4. The van der Waals surface area contributed by atoms with Gasteiger partial charge >= 0.3 is 5.97 Å². The SMILES string of the molecule is C[C@@]12C=CCCOC(=O)[C@@H]1[C@H]1C(=O)N(CCCCCO)C3C(=O)N(Cc4ccccc4)CC=C[C@@]31O2. The molecule has 2 fully saturated rings. The molecule has 1 spiro atoms. The zero-order valence-electron chi connectivity index (χ0n) is 20.7. The van der Waals surface area contributed by atoms with Crippen LogP contribution >= 0.6 is 0 Å². The van der Waals surface area contributed by atoms with Crippen molar-refractivity contribution < 1.29 is 29.0 Å². The first kappa shape index (κ1) is 24.7. The van der Waals surface area contributed by atoms with Gasteiger partial charge in [0.15, 0.2) is 0 Å². The molecule has 5 atom stereocenters. The molecule has 4 aliphatic rings. The van der Waals surface area contributed by atoms with Gasteiger partial charge in [-0.15, -0.1) is 0 Å². The first-order valence-electron chi connectivity index (χ1n) is 12.9. The molecule has 8 heteroatoms. The van der Waals surface area contributed by atoms with Gasteiger partial charge in [-0.2, -0.15) is 0 Å². The molecule has 0 saturated carbocycles. The monoisotopic (exact) mass is 494 g/mol. The molecule has 4 heterocycles. The second-order valence-electron chi connectivity index (χ2n) is 10.3. The zero-order chi connectivity index (χ0) is 25.3. The normalized spacial score (nSPS) is 33.5. The molecule has 0 aromatic heterocycles. The van der Waals surface area contributed by atoms with Crippen LogP contribution in [0.3, 0.4) is 0 Å². The molecule has 0 bridgehead atoms. The molecule has 2 amide bonds. The number of likely N-dealkylation sites (tertiary alicyclic amines) is 1. The number of aliphatic hydroxyl groups excluding tert-OH is 1. The Kier molecular flexibility index (Phi) is 6.74. The standard InChI is InChI=1S/C28H34N2O6/c1-27-13-6-9-18-35-26(34)22(27)21-24(32)30(16-7-3-8-17-31)23-25(33)29(15-10-14-28(21,23)36-27)19-20-11-4-2-5-12-20/h2,4-6,10-14,21-23,31H,3,7-9,15-19H2,1H3/t21-,22-,23?,27+,28-/m0/s1. The van der Waals surface area contributed by atoms with Crippen LogP contribution in [0.5, 0.6) is 0 Å². The summed E-state index contributed by atoms with van der Waals surface area (Å²) in [7, 11) is 0. The number of carbonyl (C=O) groups is 3. The number of rotatable bonds is 7. The summed E-state index contributed by atoms with van der Waals surface area (Å²) in [5.41, 5.74) is -1.32. The Hall–Kier alpha value is -2.97. The summed E-state index contributed by atoms with van der Waals surface area (Å²) in [5, 5.41) is 9.19. The second kappa shape index (κ2) is 9.82. The van der Waals surface area contributed by atoms with E-state index in [4.69, 9.17) is 9.47 Å². The largest absolute Gasteiger partial charge is 0.465 e. The summed E-state index contributed by atoms with van der Waals surface area (Å²) >= 11 is 0. The van der Waals surface area contributed by atoms with Gasteiger partial charge in [0.05, 0.1) is 18.1 Å². The lowest BCUT2D eigenvalue weighted by Gasteiger charge is -2.37. The van der Waals surface area contributed by atoms with E-state index in [0.29, 0.717) is 38.9 Å². The van der Waals surface area contributed by atoms with Crippen molar-refractivity contribution in [1.82, 2.24) is 9.80 Å². The van der Waals surface area contributed by atoms with Gasteiger partial charge in [-0.05, 0) is 38.2 Å². The molecule has 5 rings (SSSR count). The van der Waals surface area contributed by atoms with E-state index in [-0.39, 0.29) is 25.0 Å². The molecule has 0 radical (unpaired) electrons. The van der Waals surface area contributed by atoms with Crippen molar-refractivity contribution in [2.45, 2.75) is 56.4 Å². The predicted molar refractivity (Wildman–Crippen MR) is 131 cm³/mol. The highest BCUT2D eigenvalue weighted by atomic mass is 16.6. The van der Waals surface area contributed by atoms with Crippen LogP contribution < -0.4 is 0 Å². The van der Waals surface area contributed by atoms with E-state index in [2.05, 4.69) is 0 Å². The Bertz CT molecular complexity index is 1070. The highest BCUT2D eigenvalue weighted by molar-refractivity contribution is 5.99. The molecular weight excluding hydrogens is 460 g/mol. The Balaban J connectivity index is 1.55. The molecule has 1 N–H and O–H groups in total. The lowest BCUT2D eigenvalue weighted by Crippen LogP contribution is -2.55. The third kappa shape index (κ3) is 4.06. The molecule has 36 heavy (non-hydrogen) atoms. The highest BCUT2D eigenvalue weighted by Crippen LogP contribution is 2.57. The number of amides is 2. The molecule has 1 aromatic carbocycles. The van der Waals surface area contributed by atoms with Gasteiger partial charge in [0, 0.05) is 26.2 Å². The predicted octanol–water partition coefficient (Wildman–Crippen LogP) is 2.22. The molecule has 8 nitrogen and oxygen atoms in total. The van der Waals surface area contributed by atoms with Crippen molar-refractivity contribution in [3.05, 3.63) is 60.2 Å². The number of fused-ring (bicyclic) bond motifs is 2. The van der Waals surface area contributed by atoms with Crippen molar-refractivity contribution in [2.24, 2.45) is 11.8 Å². The summed E-state index contributed by atoms with van der Waals surface area (Å²) in [5.74, 6) is -2.58. The lowest BCUT2D eigenvalue weighted by molar-refractivity contribution is -0.160. The third-order valence-corrected chi connectivity index (χ3v) is 7.88. The van der Waals surface area contributed by atoms with E-state index in [1.165, 1.54) is 0 Å². The van der Waals surface area contributed by atoms with Crippen molar-refractivity contribution in [3.8, 4) is 0 Å². The maximum absolute atomic E-state index is 14.2. The van der Waals surface area contributed by atoms with Gasteiger partial charge in [0.1, 0.15) is 17.6 Å². The lowest BCUT2D eigenvalue weighted by atomic mass is 9.74. The van der Waals surface area contributed by atoms with E-state index >= 15 is 0 Å². The van der Waals surface area contributed by atoms with E-state index in [0.717, 1.165) is 12.0 Å². The van der Waals surface area contributed by atoms with Crippen LogP contribution in [0.1, 0.15) is 38.2 Å². The maximum atomic E-state index is 14.2. The smallest absolute Gasteiger partial charge is 0.313 e. The number of ether oxygens (including phenoxy) is 2. The Morgan fingerprint density at radius 2 is 1.81 bits per heavy atom. The number of aliphatic hydroxyl groups is 1. The van der Waals surface area contributed by atoms with Gasteiger partial charge in [-0.25, -0.2) is 0 Å². The fourth-order valence-electron chi connectivity index (χ4n) is 6.29. The van der Waals surface area contributed by atoms with Gasteiger partial charge in [-0.1, -0.05) is 54.6 Å². The van der Waals surface area contributed by atoms with Crippen molar-refractivity contribution in [3.63, 3.8) is 0 Å². The molecule has 2 saturated heterocycles. The van der Waals surface area contributed by atoms with Crippen molar-refractivity contribution in [2.75, 3.05) is 26.3 Å². The van der Waals surface area contributed by atoms with Crippen LogP contribution in [0, 0.1) is 11.8 Å². The average Bonchev–Trinajstić information content (AvgIpc) is 3.18. The number of hydrogen-bond acceptors (Lipinski definition) is 6. The minimum atomic E-state index is -1.26. The quantitative estimate of drug-likeness (QED) is 0.355. The summed E-state index contributed by atoms with van der Waals surface area (Å²) < 4.78 is 12.2. The van der Waals surface area contributed by atoms with Gasteiger partial charge in [0.2, 0.25) is 11.8 Å². The van der Waals surface area contributed by atoms with Crippen molar-refractivity contribution in [1.29, 1.82) is 0 Å². The van der Waals surface area contributed by atoms with Gasteiger partial charge in [0.25, 0.3) is 0 Å². The Morgan fingerprint density at radius 1 is 1.00 bits per heavy atom. The Labute approximate surface area is 211 Å². The van der Waals surface area contributed by atoms with Crippen LogP contribution in [-0.4, -0.2) is 76.2 Å². The minimum absolute atomic E-state index is 0.0815. The molecule has 0 aliphatic carbocycles. The number of unbranched alkanes of at least 4 members (excludes halogenated alkanes) is 2. The van der Waals surface area contributed by atoms with E-state index in [1.807, 2.05) is 61.6 Å². The van der Waals surface area contributed by atoms with E-state index < -0.39 is 35.0 Å². The Morgan fingerprint density at radius 3 is 2.58 bits per heavy atom. The zero-order valence-corrected chi connectivity index (χ0v) is 20.7. The molecule has 1 aromatic rings. The average molecular weight is 495 g/mol. The van der Waals surface area contributed by atoms with E-state index in [9.17, 15) is 19.5 Å². The van der Waals surface area contributed by atoms with Crippen LogP contribution in [0.4, 0.5) is 0 Å². The van der Waals surface area contributed by atoms with Crippen LogP contribution in [0.25, 0.3) is 0 Å². The summed E-state index contributed by atoms with van der Waals surface area (Å²) in [6.45, 7) is 3.31. The minimum Gasteiger partial charge on any atom is -0.465 e. The van der Waals surface area contributed by atoms with Crippen LogP contribution in [0.15, 0.2) is 54.6 Å². The molecule has 4 aliphatic heterocycles. The molecular formula is C28H34N2O6. The third-order valence-electron chi connectivity index (χ3n) is 7.88. The first-order valence-corrected chi connectivity index (χ1v) is 12.9. The van der Waals surface area contributed by atoms with Crippen molar-refractivity contribution >= 4 is 17.8 Å². The number of hydrogen-bond donors (Lipinski definition) is 1. The van der Waals surface area contributed by atoms with Crippen LogP contribution in [0.2, 0.25) is 0 Å². The number of carbonyl (C=O) groups excluding carboxylic acids is 3. The second-order valence-corrected chi connectivity index (χ2v) is 10.3. The number of esters is 1. The maximum Gasteiger partial charge on any atom is 0.313 e. The molecule has 1 unspecified atom stereocenters. The van der Waals surface area contributed by atoms with E-state index in [1.54, 1.807) is 9.80 Å². The van der Waals surface area contributed by atoms with Gasteiger partial charge in [-0.3, -0.25) is 14.4 Å². The highest BCUT2D eigenvalue weighted by Gasteiger charge is 2.74. The number of cyclic esters (lactones) is 1. The fourth-order valence-corrected chi connectivity index (χ4v) is 6.29. The topological polar surface area (TPSA) is 96.4 Å². The summed E-state index contributed by atoms with van der Waals surface area (Å²) in [6, 6.07) is 8.88.